The number of unbranched alkanes of at least 4 members (excludes halogenated alkanes) is 3. The minimum absolute atomic E-state index is 0.0733. The molecule has 4 nitrogen and oxygen atoms in total. The van der Waals surface area contributed by atoms with E-state index >= 15 is 0 Å². The number of ether oxygens (including phenoxy) is 2. The second-order valence-corrected chi connectivity index (χ2v) is 9.28. The number of allylic oxidation sites excluding steroid dienone is 2. The minimum atomic E-state index is -0.362. The van der Waals surface area contributed by atoms with E-state index < -0.39 is 0 Å². The summed E-state index contributed by atoms with van der Waals surface area (Å²) in [4.78, 5) is 23.8. The lowest BCUT2D eigenvalue weighted by Gasteiger charge is -2.29. The summed E-state index contributed by atoms with van der Waals surface area (Å²) < 4.78 is 11.4. The minimum Gasteiger partial charge on any atom is -0.426 e. The average molecular weight is 415 g/mol. The molecule has 0 aliphatic heterocycles. The summed E-state index contributed by atoms with van der Waals surface area (Å²) >= 11 is 0. The normalized spacial score (nSPS) is 16.7. The number of rotatable bonds is 9. The van der Waals surface area contributed by atoms with E-state index in [4.69, 9.17) is 9.47 Å². The SMILES string of the molecule is CCCCCCC(C)(C)c1cc(OC(C)=O)c(C2C=C(C)CCC2)c(OC(C)=O)c1. The van der Waals surface area contributed by atoms with Crippen molar-refractivity contribution in [2.75, 3.05) is 0 Å². The van der Waals surface area contributed by atoms with E-state index in [-0.39, 0.29) is 23.3 Å². The van der Waals surface area contributed by atoms with Crippen LogP contribution in [0, 0.1) is 0 Å². The molecule has 0 N–H and O–H groups in total. The zero-order valence-electron chi connectivity index (χ0n) is 19.6. The van der Waals surface area contributed by atoms with Crippen molar-refractivity contribution in [3.63, 3.8) is 0 Å². The Morgan fingerprint density at radius 3 is 2.13 bits per heavy atom. The van der Waals surface area contributed by atoms with Gasteiger partial charge in [-0.05, 0) is 55.7 Å². The number of hydrogen-bond acceptors (Lipinski definition) is 4. The fourth-order valence-corrected chi connectivity index (χ4v) is 4.31. The first kappa shape index (κ1) is 24.2. The molecule has 0 bridgehead atoms. The number of esters is 2. The zero-order valence-corrected chi connectivity index (χ0v) is 19.6. The van der Waals surface area contributed by atoms with Crippen molar-refractivity contribution in [3.05, 3.63) is 34.9 Å². The Bertz CT molecular complexity index is 751. The van der Waals surface area contributed by atoms with Crippen LogP contribution >= 0.6 is 0 Å². The number of benzene rings is 1. The molecule has 166 valence electrons. The van der Waals surface area contributed by atoms with Gasteiger partial charge in [0.1, 0.15) is 11.5 Å². The number of carbonyl (C=O) groups excluding carboxylic acids is 2. The van der Waals surface area contributed by atoms with Gasteiger partial charge in [-0.1, -0.05) is 58.1 Å². The maximum Gasteiger partial charge on any atom is 0.308 e. The van der Waals surface area contributed by atoms with Crippen LogP contribution in [0.15, 0.2) is 23.8 Å². The van der Waals surface area contributed by atoms with E-state index in [1.54, 1.807) is 0 Å². The van der Waals surface area contributed by atoms with E-state index in [1.165, 1.54) is 38.7 Å². The molecule has 1 aromatic carbocycles. The Morgan fingerprint density at radius 1 is 1.03 bits per heavy atom. The topological polar surface area (TPSA) is 52.6 Å². The molecule has 0 spiro atoms. The molecule has 4 heteroatoms. The van der Waals surface area contributed by atoms with Crippen LogP contribution in [0.2, 0.25) is 0 Å². The first-order chi connectivity index (χ1) is 14.1. The van der Waals surface area contributed by atoms with Gasteiger partial charge in [-0.15, -0.1) is 0 Å². The predicted molar refractivity (Wildman–Crippen MR) is 121 cm³/mol. The van der Waals surface area contributed by atoms with Crippen molar-refractivity contribution in [2.45, 2.75) is 104 Å². The maximum atomic E-state index is 11.9. The van der Waals surface area contributed by atoms with Gasteiger partial charge in [-0.3, -0.25) is 9.59 Å². The first-order valence-electron chi connectivity index (χ1n) is 11.4. The van der Waals surface area contributed by atoms with Gasteiger partial charge in [-0.2, -0.15) is 0 Å². The Kier molecular flexibility index (Phi) is 8.69. The van der Waals surface area contributed by atoms with E-state index in [1.807, 2.05) is 12.1 Å². The monoisotopic (exact) mass is 414 g/mol. The van der Waals surface area contributed by atoms with Crippen LogP contribution in [0.3, 0.4) is 0 Å². The summed E-state index contributed by atoms with van der Waals surface area (Å²) in [5.74, 6) is 0.394. The van der Waals surface area contributed by atoms with Crippen molar-refractivity contribution in [1.29, 1.82) is 0 Å². The standard InChI is InChI=1S/C26H38O4/c1-7-8-9-10-14-26(5,6)22-16-23(29-19(3)27)25(24(17-22)30-20(4)28)21-13-11-12-18(2)15-21/h15-17,21H,7-14H2,1-6H3. The maximum absolute atomic E-state index is 11.9. The van der Waals surface area contributed by atoms with Crippen molar-refractivity contribution < 1.29 is 19.1 Å². The molecule has 1 aliphatic rings. The molecule has 30 heavy (non-hydrogen) atoms. The van der Waals surface area contributed by atoms with E-state index in [9.17, 15) is 9.59 Å². The Morgan fingerprint density at radius 2 is 1.63 bits per heavy atom. The van der Waals surface area contributed by atoms with Gasteiger partial charge < -0.3 is 9.47 Å². The van der Waals surface area contributed by atoms with Crippen LogP contribution in [-0.4, -0.2) is 11.9 Å². The van der Waals surface area contributed by atoms with Crippen LogP contribution in [0.1, 0.15) is 110 Å². The van der Waals surface area contributed by atoms with Crippen LogP contribution in [0.25, 0.3) is 0 Å². The third-order valence-electron chi connectivity index (χ3n) is 5.99. The third-order valence-corrected chi connectivity index (χ3v) is 5.99. The van der Waals surface area contributed by atoms with E-state index in [0.717, 1.165) is 43.2 Å². The highest BCUT2D eigenvalue weighted by Gasteiger charge is 2.29. The molecule has 1 aromatic rings. The fraction of sp³-hybridized carbons (Fsp3) is 0.615. The average Bonchev–Trinajstić information content (AvgIpc) is 2.64. The van der Waals surface area contributed by atoms with Gasteiger partial charge in [-0.25, -0.2) is 0 Å². The van der Waals surface area contributed by atoms with Crippen molar-refractivity contribution in [1.82, 2.24) is 0 Å². The van der Waals surface area contributed by atoms with Crippen LogP contribution in [0.5, 0.6) is 11.5 Å². The van der Waals surface area contributed by atoms with Gasteiger partial charge >= 0.3 is 11.9 Å². The molecule has 0 fully saturated rings. The lowest BCUT2D eigenvalue weighted by atomic mass is 9.77. The smallest absolute Gasteiger partial charge is 0.308 e. The Balaban J connectivity index is 2.53. The van der Waals surface area contributed by atoms with Crippen molar-refractivity contribution in [3.8, 4) is 11.5 Å². The van der Waals surface area contributed by atoms with Crippen LogP contribution in [-0.2, 0) is 15.0 Å². The fourth-order valence-electron chi connectivity index (χ4n) is 4.31. The Hall–Kier alpha value is -2.10. The molecule has 1 unspecified atom stereocenters. The molecule has 1 aliphatic carbocycles. The zero-order chi connectivity index (χ0) is 22.3. The largest absolute Gasteiger partial charge is 0.426 e. The molecule has 0 aromatic heterocycles. The second-order valence-electron chi connectivity index (χ2n) is 9.28. The number of carbonyl (C=O) groups is 2. The van der Waals surface area contributed by atoms with Gasteiger partial charge in [0.05, 0.1) is 0 Å². The summed E-state index contributed by atoms with van der Waals surface area (Å²) in [5, 5.41) is 0. The summed E-state index contributed by atoms with van der Waals surface area (Å²) in [5.41, 5.74) is 3.04. The summed E-state index contributed by atoms with van der Waals surface area (Å²) in [6.45, 7) is 11.6. The molecular weight excluding hydrogens is 376 g/mol. The highest BCUT2D eigenvalue weighted by atomic mass is 16.5. The third kappa shape index (κ3) is 6.72. The summed E-state index contributed by atoms with van der Waals surface area (Å²) in [6.07, 6.45) is 11.1. The van der Waals surface area contributed by atoms with Gasteiger partial charge in [0.2, 0.25) is 0 Å². The summed E-state index contributed by atoms with van der Waals surface area (Å²) in [7, 11) is 0. The van der Waals surface area contributed by atoms with Gasteiger partial charge in [0.25, 0.3) is 0 Å². The van der Waals surface area contributed by atoms with E-state index in [0.29, 0.717) is 11.5 Å². The van der Waals surface area contributed by atoms with Gasteiger partial charge in [0.15, 0.2) is 0 Å². The first-order valence-corrected chi connectivity index (χ1v) is 11.4. The quantitative estimate of drug-likeness (QED) is 0.189. The molecule has 0 radical (unpaired) electrons. The molecule has 1 atom stereocenters. The number of hydrogen-bond donors (Lipinski definition) is 0. The highest BCUT2D eigenvalue weighted by molar-refractivity contribution is 5.73. The molecule has 0 amide bonds. The van der Waals surface area contributed by atoms with Crippen molar-refractivity contribution in [2.24, 2.45) is 0 Å². The lowest BCUT2D eigenvalue weighted by molar-refractivity contribution is -0.132. The molecular formula is C26H38O4. The molecule has 0 heterocycles. The van der Waals surface area contributed by atoms with E-state index in [2.05, 4.69) is 33.8 Å². The summed E-state index contributed by atoms with van der Waals surface area (Å²) in [6, 6.07) is 3.97. The second kappa shape index (κ2) is 10.8. The highest BCUT2D eigenvalue weighted by Crippen LogP contribution is 2.45. The van der Waals surface area contributed by atoms with Crippen LogP contribution < -0.4 is 9.47 Å². The van der Waals surface area contributed by atoms with Crippen LogP contribution in [0.4, 0.5) is 0 Å². The lowest BCUT2D eigenvalue weighted by Crippen LogP contribution is -2.19. The molecule has 2 rings (SSSR count). The Labute approximate surface area is 182 Å². The molecule has 0 saturated carbocycles. The van der Waals surface area contributed by atoms with Crippen molar-refractivity contribution >= 4 is 11.9 Å². The predicted octanol–water partition coefficient (Wildman–Crippen LogP) is 7.00. The van der Waals surface area contributed by atoms with Gasteiger partial charge in [0, 0.05) is 25.3 Å². The molecule has 0 saturated heterocycles.